The number of hydrogen-bond donors (Lipinski definition) is 0. The van der Waals surface area contributed by atoms with Gasteiger partial charge in [0.05, 0.1) is 17.0 Å². The smallest absolute Gasteiger partial charge is 0.270 e. The number of nitrogens with zero attached hydrogens (tertiary/aromatic N) is 3. The van der Waals surface area contributed by atoms with Crippen LogP contribution >= 0.6 is 11.3 Å². The van der Waals surface area contributed by atoms with Gasteiger partial charge in [-0.15, -0.1) is 11.3 Å². The second kappa shape index (κ2) is 5.76. The third kappa shape index (κ3) is 2.32. The van der Waals surface area contributed by atoms with Gasteiger partial charge in [0.25, 0.3) is 5.91 Å². The maximum Gasteiger partial charge on any atom is 0.270 e. The molecule has 3 heterocycles. The topological polar surface area (TPSA) is 59.2 Å². The molecule has 2 aliphatic rings. The second-order valence-electron chi connectivity index (χ2n) is 7.68. The first-order chi connectivity index (χ1) is 13.0. The van der Waals surface area contributed by atoms with Gasteiger partial charge in [-0.2, -0.15) is 0 Å². The fraction of sp³-hybridized carbons (Fsp3) is 0.381. The van der Waals surface area contributed by atoms with E-state index in [9.17, 15) is 4.79 Å². The largest absolute Gasteiger partial charge is 0.361 e. The normalized spacial score (nSPS) is 17.2. The van der Waals surface area contributed by atoms with Gasteiger partial charge in [0.2, 0.25) is 0 Å². The molecule has 1 fully saturated rings. The Kier molecular flexibility index (Phi) is 3.56. The number of benzene rings is 1. The van der Waals surface area contributed by atoms with Crippen LogP contribution in [0.25, 0.3) is 10.6 Å². The minimum Gasteiger partial charge on any atom is -0.361 e. The highest BCUT2D eigenvalue weighted by atomic mass is 32.1. The molecule has 27 heavy (non-hydrogen) atoms. The zero-order valence-corrected chi connectivity index (χ0v) is 16.5. The van der Waals surface area contributed by atoms with Crippen LogP contribution in [0.5, 0.6) is 0 Å². The summed E-state index contributed by atoms with van der Waals surface area (Å²) in [6.45, 7) is 6.47. The van der Waals surface area contributed by atoms with Crippen molar-refractivity contribution in [2.75, 3.05) is 11.4 Å². The first kappa shape index (κ1) is 16.7. The molecule has 6 heteroatoms. The Morgan fingerprint density at radius 3 is 2.63 bits per heavy atom. The SMILES string of the molecule is Cc1nc(-c2c(C)noc2C)sc1C(=O)N1CC2(CCC2)c2ccccc21. The van der Waals surface area contributed by atoms with E-state index in [0.29, 0.717) is 4.88 Å². The van der Waals surface area contributed by atoms with Crippen LogP contribution in [0.15, 0.2) is 28.8 Å². The summed E-state index contributed by atoms with van der Waals surface area (Å²) < 4.78 is 5.28. The van der Waals surface area contributed by atoms with Crippen molar-refractivity contribution in [1.82, 2.24) is 10.1 Å². The maximum atomic E-state index is 13.5. The molecular formula is C21H21N3O2S. The lowest BCUT2D eigenvalue weighted by Crippen LogP contribution is -2.41. The fourth-order valence-corrected chi connectivity index (χ4v) is 5.62. The highest BCUT2D eigenvalue weighted by Crippen LogP contribution is 2.53. The van der Waals surface area contributed by atoms with E-state index in [1.54, 1.807) is 0 Å². The predicted molar refractivity (Wildman–Crippen MR) is 105 cm³/mol. The first-order valence-electron chi connectivity index (χ1n) is 9.32. The van der Waals surface area contributed by atoms with E-state index in [-0.39, 0.29) is 11.3 Å². The quantitative estimate of drug-likeness (QED) is 0.641. The fourth-order valence-electron chi connectivity index (χ4n) is 4.46. The van der Waals surface area contributed by atoms with Gasteiger partial charge < -0.3 is 9.42 Å². The summed E-state index contributed by atoms with van der Waals surface area (Å²) in [5.41, 5.74) is 5.04. The van der Waals surface area contributed by atoms with E-state index >= 15 is 0 Å². The number of rotatable bonds is 2. The zero-order chi connectivity index (χ0) is 18.8. The van der Waals surface area contributed by atoms with Crippen LogP contribution < -0.4 is 4.90 Å². The van der Waals surface area contributed by atoms with E-state index in [2.05, 4.69) is 28.3 Å². The number of carbonyl (C=O) groups is 1. The molecule has 0 N–H and O–H groups in total. The van der Waals surface area contributed by atoms with Crippen LogP contribution in [0.4, 0.5) is 5.69 Å². The van der Waals surface area contributed by atoms with E-state index in [4.69, 9.17) is 4.52 Å². The Morgan fingerprint density at radius 2 is 1.96 bits per heavy atom. The summed E-state index contributed by atoms with van der Waals surface area (Å²) in [5.74, 6) is 0.791. The molecule has 2 aromatic heterocycles. The molecule has 0 bridgehead atoms. The van der Waals surface area contributed by atoms with Crippen molar-refractivity contribution in [3.8, 4) is 10.6 Å². The minimum atomic E-state index is 0.0548. The molecule has 1 amide bonds. The number of aryl methyl sites for hydroxylation is 3. The molecule has 5 nitrogen and oxygen atoms in total. The van der Waals surface area contributed by atoms with E-state index in [1.165, 1.54) is 36.2 Å². The van der Waals surface area contributed by atoms with Crippen LogP contribution in [-0.2, 0) is 5.41 Å². The number of para-hydroxylation sites is 1. The van der Waals surface area contributed by atoms with Crippen LogP contribution in [0, 0.1) is 20.8 Å². The third-order valence-electron chi connectivity index (χ3n) is 6.02. The molecule has 0 atom stereocenters. The van der Waals surface area contributed by atoms with Crippen molar-refractivity contribution in [3.63, 3.8) is 0 Å². The van der Waals surface area contributed by atoms with Crippen LogP contribution in [0.2, 0.25) is 0 Å². The summed E-state index contributed by atoms with van der Waals surface area (Å²) in [6.07, 6.45) is 3.58. The van der Waals surface area contributed by atoms with Crippen LogP contribution in [0.3, 0.4) is 0 Å². The lowest BCUT2D eigenvalue weighted by Gasteiger charge is -2.38. The maximum absolute atomic E-state index is 13.5. The number of anilines is 1. The molecule has 138 valence electrons. The molecule has 0 radical (unpaired) electrons. The van der Waals surface area contributed by atoms with Crippen LogP contribution in [-0.4, -0.2) is 22.6 Å². The van der Waals surface area contributed by atoms with Crippen molar-refractivity contribution in [2.45, 2.75) is 45.4 Å². The number of carbonyl (C=O) groups excluding carboxylic acids is 1. The Morgan fingerprint density at radius 1 is 1.19 bits per heavy atom. The Hall–Kier alpha value is -2.47. The Labute approximate surface area is 162 Å². The molecular weight excluding hydrogens is 358 g/mol. The van der Waals surface area contributed by atoms with Gasteiger partial charge in [0.1, 0.15) is 15.6 Å². The van der Waals surface area contributed by atoms with Gasteiger partial charge >= 0.3 is 0 Å². The molecule has 1 aromatic carbocycles. The monoisotopic (exact) mass is 379 g/mol. The molecule has 3 aromatic rings. The summed E-state index contributed by atoms with van der Waals surface area (Å²) in [4.78, 5) is 20.8. The zero-order valence-electron chi connectivity index (χ0n) is 15.7. The molecule has 1 aliphatic heterocycles. The van der Waals surface area contributed by atoms with Crippen molar-refractivity contribution in [1.29, 1.82) is 0 Å². The summed E-state index contributed by atoms with van der Waals surface area (Å²) in [5, 5.41) is 4.82. The number of aromatic nitrogens is 2. The minimum absolute atomic E-state index is 0.0548. The van der Waals surface area contributed by atoms with Gasteiger partial charge in [0.15, 0.2) is 0 Å². The van der Waals surface area contributed by atoms with Crippen LogP contribution in [0.1, 0.15) is 51.6 Å². The Balaban J connectivity index is 1.54. The highest BCUT2D eigenvalue weighted by Gasteiger charge is 2.48. The molecule has 0 saturated heterocycles. The number of fused-ring (bicyclic) bond motifs is 2. The molecule has 0 unspecified atom stereocenters. The average molecular weight is 379 g/mol. The van der Waals surface area contributed by atoms with Crippen molar-refractivity contribution in [3.05, 3.63) is 51.9 Å². The average Bonchev–Trinajstić information content (AvgIpc) is 3.27. The standard InChI is InChI=1S/C21H21N3O2S/c1-12-17(14(3)26-23-12)19-22-13(2)18(27-19)20(25)24-11-21(9-6-10-21)15-7-4-5-8-16(15)24/h4-5,7-8H,6,9-11H2,1-3H3. The summed E-state index contributed by atoms with van der Waals surface area (Å²) >= 11 is 1.44. The summed E-state index contributed by atoms with van der Waals surface area (Å²) in [6, 6.07) is 8.37. The van der Waals surface area contributed by atoms with Crippen molar-refractivity contribution >= 4 is 22.9 Å². The van der Waals surface area contributed by atoms with Gasteiger partial charge in [-0.05, 0) is 45.2 Å². The Bertz CT molecular complexity index is 1040. The highest BCUT2D eigenvalue weighted by molar-refractivity contribution is 7.17. The lowest BCUT2D eigenvalue weighted by molar-refractivity contribution is 0.0982. The van der Waals surface area contributed by atoms with E-state index in [0.717, 1.165) is 40.0 Å². The van der Waals surface area contributed by atoms with Crippen molar-refractivity contribution in [2.24, 2.45) is 0 Å². The third-order valence-corrected chi connectivity index (χ3v) is 7.18. The summed E-state index contributed by atoms with van der Waals surface area (Å²) in [7, 11) is 0. The van der Waals surface area contributed by atoms with Gasteiger partial charge in [-0.25, -0.2) is 4.98 Å². The molecule has 1 spiro atoms. The lowest BCUT2D eigenvalue weighted by atomic mass is 9.66. The van der Waals surface area contributed by atoms with E-state index < -0.39 is 0 Å². The first-order valence-corrected chi connectivity index (χ1v) is 10.1. The molecule has 1 saturated carbocycles. The van der Waals surface area contributed by atoms with Crippen molar-refractivity contribution < 1.29 is 9.32 Å². The molecule has 1 aliphatic carbocycles. The second-order valence-corrected chi connectivity index (χ2v) is 8.67. The molecule has 5 rings (SSSR count). The van der Waals surface area contributed by atoms with E-state index in [1.807, 2.05) is 31.7 Å². The van der Waals surface area contributed by atoms with Gasteiger partial charge in [0, 0.05) is 17.6 Å². The van der Waals surface area contributed by atoms with Gasteiger partial charge in [-0.1, -0.05) is 29.8 Å². The van der Waals surface area contributed by atoms with Gasteiger partial charge in [-0.3, -0.25) is 4.79 Å². The number of hydrogen-bond acceptors (Lipinski definition) is 5. The predicted octanol–water partition coefficient (Wildman–Crippen LogP) is 4.81. The number of amides is 1. The number of thiazole rings is 1.